The topological polar surface area (TPSA) is 53.6 Å². The summed E-state index contributed by atoms with van der Waals surface area (Å²) in [4.78, 5) is 14.7. The van der Waals surface area contributed by atoms with E-state index in [0.717, 1.165) is 0 Å². The molecule has 0 spiro atoms. The van der Waals surface area contributed by atoms with E-state index in [-0.39, 0.29) is 18.0 Å². The van der Waals surface area contributed by atoms with E-state index in [1.54, 1.807) is 25.3 Å². The van der Waals surface area contributed by atoms with E-state index >= 15 is 0 Å². The first kappa shape index (κ1) is 20.2. The molecule has 2 N–H and O–H groups in total. The molecule has 0 aliphatic rings. The lowest BCUT2D eigenvalue weighted by Gasteiger charge is -2.26. The maximum Gasteiger partial charge on any atom is 0.241 e. The third kappa shape index (κ3) is 5.46. The number of nitrogens with zero attached hydrogens (tertiary/aromatic N) is 1. The maximum absolute atomic E-state index is 12.5. The van der Waals surface area contributed by atoms with E-state index in [2.05, 4.69) is 27.7 Å². The van der Waals surface area contributed by atoms with Crippen LogP contribution in [0.5, 0.6) is 5.75 Å². The van der Waals surface area contributed by atoms with Gasteiger partial charge in [-0.2, -0.15) is 0 Å². The third-order valence-electron chi connectivity index (χ3n) is 4.24. The first-order valence-electron chi connectivity index (χ1n) is 8.51. The molecule has 0 saturated carbocycles. The molecule has 0 unspecified atom stereocenters. The minimum atomic E-state index is -0.371. The molecule has 2 atom stereocenters. The second-order valence-corrected chi connectivity index (χ2v) is 6.79. The average molecular weight is 376 g/mol. The molecule has 1 amide bonds. The number of hydrogen-bond acceptors (Lipinski definition) is 4. The van der Waals surface area contributed by atoms with Crippen LogP contribution in [0, 0.1) is 0 Å². The first-order valence-corrected chi connectivity index (χ1v) is 8.89. The minimum Gasteiger partial charge on any atom is -0.495 e. The Morgan fingerprint density at radius 2 is 1.88 bits per heavy atom. The molecular weight excluding hydrogens is 350 g/mol. The van der Waals surface area contributed by atoms with E-state index in [4.69, 9.17) is 16.3 Å². The van der Waals surface area contributed by atoms with Crippen molar-refractivity contribution in [1.29, 1.82) is 0 Å². The van der Waals surface area contributed by atoms with Crippen molar-refractivity contribution < 1.29 is 9.53 Å². The number of anilines is 1. The summed E-state index contributed by atoms with van der Waals surface area (Å²) in [6, 6.07) is 15.2. The quantitative estimate of drug-likeness (QED) is 0.740. The van der Waals surface area contributed by atoms with Crippen LogP contribution >= 0.6 is 11.6 Å². The van der Waals surface area contributed by atoms with Crippen molar-refractivity contribution in [3.63, 3.8) is 0 Å². The number of hydrogen-bond donors (Lipinski definition) is 2. The highest BCUT2D eigenvalue weighted by atomic mass is 35.5. The molecule has 0 heterocycles. The Hall–Kier alpha value is -2.08. The van der Waals surface area contributed by atoms with Crippen molar-refractivity contribution in [2.24, 2.45) is 0 Å². The normalized spacial score (nSPS) is 13.3. The van der Waals surface area contributed by atoms with E-state index in [1.807, 2.05) is 39.2 Å². The Morgan fingerprint density at radius 3 is 2.50 bits per heavy atom. The zero-order chi connectivity index (χ0) is 19.1. The number of amides is 1. The van der Waals surface area contributed by atoms with E-state index in [1.165, 1.54) is 5.56 Å². The third-order valence-corrected chi connectivity index (χ3v) is 4.47. The van der Waals surface area contributed by atoms with Crippen molar-refractivity contribution >= 4 is 23.2 Å². The number of likely N-dealkylation sites (N-methyl/N-ethyl adjacent to an activating group) is 1. The predicted octanol–water partition coefficient (Wildman–Crippen LogP) is 3.57. The van der Waals surface area contributed by atoms with Crippen LogP contribution in [0.15, 0.2) is 48.5 Å². The molecule has 2 rings (SSSR count). The molecule has 0 aliphatic heterocycles. The lowest BCUT2D eigenvalue weighted by molar-refractivity contribution is -0.117. The molecule has 0 bridgehead atoms. The van der Waals surface area contributed by atoms with Gasteiger partial charge in [0.05, 0.1) is 18.8 Å². The second kappa shape index (κ2) is 9.57. The molecule has 140 valence electrons. The van der Waals surface area contributed by atoms with Crippen LogP contribution in [-0.4, -0.2) is 44.6 Å². The van der Waals surface area contributed by atoms with Crippen LogP contribution in [0.4, 0.5) is 5.69 Å². The van der Waals surface area contributed by atoms with Gasteiger partial charge >= 0.3 is 0 Å². The molecule has 0 aromatic heterocycles. The number of halogens is 1. The molecule has 6 heteroatoms. The average Bonchev–Trinajstić information content (AvgIpc) is 2.62. The number of benzene rings is 2. The van der Waals surface area contributed by atoms with E-state index in [0.29, 0.717) is 23.0 Å². The van der Waals surface area contributed by atoms with Gasteiger partial charge in [-0.05, 0) is 44.8 Å². The molecular formula is C20H26ClN3O2. The van der Waals surface area contributed by atoms with Gasteiger partial charge < -0.3 is 20.3 Å². The van der Waals surface area contributed by atoms with Gasteiger partial charge in [0.25, 0.3) is 0 Å². The molecule has 0 fully saturated rings. The number of rotatable bonds is 8. The van der Waals surface area contributed by atoms with Gasteiger partial charge in [-0.15, -0.1) is 0 Å². The SMILES string of the molecule is COc1ccc(Cl)cc1NC(=O)[C@@H](C)NC[C@@H](c1ccccc1)N(C)C. The van der Waals surface area contributed by atoms with Crippen LogP contribution in [0.25, 0.3) is 0 Å². The van der Waals surface area contributed by atoms with E-state index in [9.17, 15) is 4.79 Å². The van der Waals surface area contributed by atoms with Crippen molar-refractivity contribution in [3.05, 3.63) is 59.1 Å². The van der Waals surface area contributed by atoms with Crippen molar-refractivity contribution in [2.75, 3.05) is 33.1 Å². The van der Waals surface area contributed by atoms with Gasteiger partial charge in [0.15, 0.2) is 0 Å². The van der Waals surface area contributed by atoms with Gasteiger partial charge in [-0.3, -0.25) is 4.79 Å². The lowest BCUT2D eigenvalue weighted by atomic mass is 10.1. The summed E-state index contributed by atoms with van der Waals surface area (Å²) in [5.41, 5.74) is 1.76. The molecule has 2 aromatic carbocycles. The summed E-state index contributed by atoms with van der Waals surface area (Å²) in [5, 5.41) is 6.72. The predicted molar refractivity (Wildman–Crippen MR) is 107 cm³/mol. The smallest absolute Gasteiger partial charge is 0.241 e. The zero-order valence-corrected chi connectivity index (χ0v) is 16.4. The first-order chi connectivity index (χ1) is 12.4. The van der Waals surface area contributed by atoms with Crippen molar-refractivity contribution in [3.8, 4) is 5.75 Å². The fourth-order valence-electron chi connectivity index (χ4n) is 2.67. The zero-order valence-electron chi connectivity index (χ0n) is 15.6. The minimum absolute atomic E-state index is 0.142. The fraction of sp³-hybridized carbons (Fsp3) is 0.350. The molecule has 0 saturated heterocycles. The highest BCUT2D eigenvalue weighted by molar-refractivity contribution is 6.31. The molecule has 5 nitrogen and oxygen atoms in total. The van der Waals surface area contributed by atoms with Crippen LogP contribution in [-0.2, 0) is 4.79 Å². The van der Waals surface area contributed by atoms with Gasteiger partial charge in [0, 0.05) is 17.6 Å². The van der Waals surface area contributed by atoms with Crippen LogP contribution < -0.4 is 15.4 Å². The molecule has 2 aromatic rings. The van der Waals surface area contributed by atoms with Crippen molar-refractivity contribution in [1.82, 2.24) is 10.2 Å². The molecule has 26 heavy (non-hydrogen) atoms. The summed E-state index contributed by atoms with van der Waals surface area (Å²) >= 11 is 6.01. The van der Waals surface area contributed by atoms with Gasteiger partial charge in [0.1, 0.15) is 5.75 Å². The number of nitrogens with one attached hydrogen (secondary N) is 2. The Labute approximate surface area is 160 Å². The number of carbonyl (C=O) groups excluding carboxylic acids is 1. The van der Waals surface area contributed by atoms with Crippen molar-refractivity contribution in [2.45, 2.75) is 19.0 Å². The highest BCUT2D eigenvalue weighted by Crippen LogP contribution is 2.27. The van der Waals surface area contributed by atoms with Gasteiger partial charge in [-0.1, -0.05) is 41.9 Å². The Bertz CT molecular complexity index is 722. The second-order valence-electron chi connectivity index (χ2n) is 6.35. The summed E-state index contributed by atoms with van der Waals surface area (Å²) in [5.74, 6) is 0.432. The van der Waals surface area contributed by atoms with Crippen LogP contribution in [0.3, 0.4) is 0 Å². The van der Waals surface area contributed by atoms with E-state index < -0.39 is 0 Å². The lowest BCUT2D eigenvalue weighted by Crippen LogP contribution is -2.42. The maximum atomic E-state index is 12.5. The Morgan fingerprint density at radius 1 is 1.19 bits per heavy atom. The Kier molecular flexibility index (Phi) is 7.45. The standard InChI is InChI=1S/C20H26ClN3O2/c1-14(20(25)23-17-12-16(21)10-11-19(17)26-4)22-13-18(24(2)3)15-8-6-5-7-9-15/h5-12,14,18,22H,13H2,1-4H3,(H,23,25)/t14-,18+/m1/s1. The highest BCUT2D eigenvalue weighted by Gasteiger charge is 2.19. The summed E-state index contributed by atoms with van der Waals surface area (Å²) in [7, 11) is 5.62. The Balaban J connectivity index is 1.99. The summed E-state index contributed by atoms with van der Waals surface area (Å²) in [6.45, 7) is 2.49. The fourth-order valence-corrected chi connectivity index (χ4v) is 2.85. The van der Waals surface area contributed by atoms with Gasteiger partial charge in [0.2, 0.25) is 5.91 Å². The van der Waals surface area contributed by atoms with Crippen LogP contribution in [0.2, 0.25) is 5.02 Å². The molecule has 0 radical (unpaired) electrons. The van der Waals surface area contributed by atoms with Crippen LogP contribution in [0.1, 0.15) is 18.5 Å². The summed E-state index contributed by atoms with van der Waals surface area (Å²) < 4.78 is 5.27. The number of carbonyl (C=O) groups is 1. The van der Waals surface area contributed by atoms with Gasteiger partial charge in [-0.25, -0.2) is 0 Å². The monoisotopic (exact) mass is 375 g/mol. The summed E-state index contributed by atoms with van der Waals surface area (Å²) in [6.07, 6.45) is 0. The largest absolute Gasteiger partial charge is 0.495 e. The number of methoxy groups -OCH3 is 1. The molecule has 0 aliphatic carbocycles. The number of ether oxygens (including phenoxy) is 1.